The van der Waals surface area contributed by atoms with Gasteiger partial charge in [0.25, 0.3) is 5.91 Å². The maximum Gasteiger partial charge on any atom is 0.269 e. The Kier molecular flexibility index (Phi) is 3.36. The molecule has 0 fully saturated rings. The van der Waals surface area contributed by atoms with E-state index in [9.17, 15) is 4.79 Å². The molecule has 0 saturated heterocycles. The molecule has 2 aromatic rings. The van der Waals surface area contributed by atoms with Crippen LogP contribution in [-0.4, -0.2) is 17.9 Å². The van der Waals surface area contributed by atoms with Crippen LogP contribution in [0, 0.1) is 0 Å². The monoisotopic (exact) mass is 296 g/mol. The highest BCUT2D eigenvalue weighted by atomic mass is 79.9. The highest BCUT2D eigenvalue weighted by Crippen LogP contribution is 2.22. The van der Waals surface area contributed by atoms with E-state index in [4.69, 9.17) is 0 Å². The lowest BCUT2D eigenvalue weighted by atomic mass is 10.4. The Hall–Kier alpha value is -1.20. The molecule has 0 atom stereocenters. The average Bonchev–Trinajstić information content (AvgIpc) is 2.75. The van der Waals surface area contributed by atoms with Crippen molar-refractivity contribution in [3.63, 3.8) is 0 Å². The summed E-state index contributed by atoms with van der Waals surface area (Å²) >= 11 is 4.74. The second-order valence-corrected chi connectivity index (χ2v) is 5.01. The normalized spacial score (nSPS) is 10.1. The van der Waals surface area contributed by atoms with Crippen LogP contribution in [0.4, 0.5) is 5.82 Å². The molecule has 82 valence electrons. The summed E-state index contributed by atoms with van der Waals surface area (Å²) in [6, 6.07) is 7.30. The van der Waals surface area contributed by atoms with E-state index in [1.165, 1.54) is 16.2 Å². The molecule has 2 aromatic heterocycles. The summed E-state index contributed by atoms with van der Waals surface area (Å²) in [7, 11) is 1.72. The van der Waals surface area contributed by atoms with Gasteiger partial charge in [0, 0.05) is 23.1 Å². The lowest BCUT2D eigenvalue weighted by Crippen LogP contribution is -2.26. The molecule has 16 heavy (non-hydrogen) atoms. The Bertz CT molecular complexity index is 498. The second-order valence-electron chi connectivity index (χ2n) is 3.18. The van der Waals surface area contributed by atoms with Gasteiger partial charge in [-0.3, -0.25) is 9.69 Å². The second kappa shape index (κ2) is 4.76. The quantitative estimate of drug-likeness (QED) is 0.853. The molecule has 1 amide bonds. The van der Waals surface area contributed by atoms with Crippen molar-refractivity contribution >= 4 is 39.0 Å². The number of carbonyl (C=O) groups is 1. The molecule has 2 heterocycles. The summed E-state index contributed by atoms with van der Waals surface area (Å²) in [4.78, 5) is 18.4. The van der Waals surface area contributed by atoms with Gasteiger partial charge in [-0.25, -0.2) is 4.98 Å². The summed E-state index contributed by atoms with van der Waals surface area (Å²) in [6.07, 6.45) is 1.67. The molecular weight excluding hydrogens is 288 g/mol. The van der Waals surface area contributed by atoms with E-state index in [2.05, 4.69) is 20.9 Å². The molecule has 0 aromatic carbocycles. The maximum atomic E-state index is 12.0. The van der Waals surface area contributed by atoms with Gasteiger partial charge in [-0.1, -0.05) is 6.07 Å². The molecule has 0 unspecified atom stereocenters. The van der Waals surface area contributed by atoms with Crippen molar-refractivity contribution < 1.29 is 4.79 Å². The third kappa shape index (κ3) is 2.31. The number of pyridine rings is 1. The van der Waals surface area contributed by atoms with E-state index in [0.29, 0.717) is 10.7 Å². The van der Waals surface area contributed by atoms with Crippen molar-refractivity contribution in [3.8, 4) is 0 Å². The third-order valence-corrected chi connectivity index (χ3v) is 3.75. The smallest absolute Gasteiger partial charge is 0.269 e. The number of thiophene rings is 1. The zero-order chi connectivity index (χ0) is 11.5. The first-order valence-electron chi connectivity index (χ1n) is 4.61. The first-order chi connectivity index (χ1) is 7.68. The summed E-state index contributed by atoms with van der Waals surface area (Å²) in [5, 5.41) is 1.89. The molecular formula is C11H9BrN2OS. The Morgan fingerprint density at radius 2 is 2.31 bits per heavy atom. The SMILES string of the molecule is CN(C(=O)c1cc(Br)cs1)c1ccccn1. The minimum Gasteiger partial charge on any atom is -0.295 e. The van der Waals surface area contributed by atoms with Crippen LogP contribution in [0.15, 0.2) is 40.3 Å². The van der Waals surface area contributed by atoms with Crippen molar-refractivity contribution in [1.29, 1.82) is 0 Å². The van der Waals surface area contributed by atoms with Crippen LogP contribution in [0.2, 0.25) is 0 Å². The lowest BCUT2D eigenvalue weighted by Gasteiger charge is -2.14. The fourth-order valence-corrected chi connectivity index (χ4v) is 2.65. The van der Waals surface area contributed by atoms with E-state index in [1.54, 1.807) is 19.3 Å². The van der Waals surface area contributed by atoms with Crippen LogP contribution in [0.1, 0.15) is 9.67 Å². The Balaban J connectivity index is 2.23. The zero-order valence-corrected chi connectivity index (χ0v) is 11.0. The minimum atomic E-state index is -0.0469. The number of anilines is 1. The van der Waals surface area contributed by atoms with Gasteiger partial charge in [-0.15, -0.1) is 11.3 Å². The summed E-state index contributed by atoms with van der Waals surface area (Å²) in [5.74, 6) is 0.603. The van der Waals surface area contributed by atoms with Crippen molar-refractivity contribution in [3.05, 3.63) is 45.2 Å². The van der Waals surface area contributed by atoms with Crippen LogP contribution in [0.25, 0.3) is 0 Å². The molecule has 0 aliphatic heterocycles. The van der Waals surface area contributed by atoms with Crippen LogP contribution in [0.3, 0.4) is 0 Å². The highest BCUT2D eigenvalue weighted by molar-refractivity contribution is 9.10. The van der Waals surface area contributed by atoms with Gasteiger partial charge in [0.1, 0.15) is 5.82 Å². The fourth-order valence-electron chi connectivity index (χ4n) is 1.25. The van der Waals surface area contributed by atoms with Crippen LogP contribution < -0.4 is 4.90 Å². The zero-order valence-electron chi connectivity index (χ0n) is 8.55. The molecule has 3 nitrogen and oxygen atoms in total. The number of amides is 1. The van der Waals surface area contributed by atoms with Gasteiger partial charge in [-0.05, 0) is 34.1 Å². The average molecular weight is 297 g/mol. The van der Waals surface area contributed by atoms with Crippen LogP contribution in [0.5, 0.6) is 0 Å². The predicted molar refractivity (Wildman–Crippen MR) is 69.0 cm³/mol. The largest absolute Gasteiger partial charge is 0.295 e. The number of hydrogen-bond acceptors (Lipinski definition) is 3. The molecule has 5 heteroatoms. The maximum absolute atomic E-state index is 12.0. The number of hydrogen-bond donors (Lipinski definition) is 0. The van der Waals surface area contributed by atoms with E-state index >= 15 is 0 Å². The number of aromatic nitrogens is 1. The Labute approximate surface area is 106 Å². The number of halogens is 1. The molecule has 2 rings (SSSR count). The molecule has 0 N–H and O–H groups in total. The van der Waals surface area contributed by atoms with E-state index in [-0.39, 0.29) is 5.91 Å². The van der Waals surface area contributed by atoms with Crippen molar-refractivity contribution in [2.24, 2.45) is 0 Å². The Morgan fingerprint density at radius 1 is 1.50 bits per heavy atom. The topological polar surface area (TPSA) is 33.2 Å². The molecule has 0 spiro atoms. The number of carbonyl (C=O) groups excluding carboxylic acids is 1. The van der Waals surface area contributed by atoms with Gasteiger partial charge in [-0.2, -0.15) is 0 Å². The number of nitrogens with zero attached hydrogens (tertiary/aromatic N) is 2. The van der Waals surface area contributed by atoms with Crippen LogP contribution >= 0.6 is 27.3 Å². The lowest BCUT2D eigenvalue weighted by molar-refractivity contribution is 0.0996. The number of rotatable bonds is 2. The fraction of sp³-hybridized carbons (Fsp3) is 0.0909. The van der Waals surface area contributed by atoms with Gasteiger partial charge >= 0.3 is 0 Å². The van der Waals surface area contributed by atoms with E-state index in [1.807, 2.05) is 23.6 Å². The summed E-state index contributed by atoms with van der Waals surface area (Å²) in [5.41, 5.74) is 0. The van der Waals surface area contributed by atoms with Gasteiger partial charge in [0.15, 0.2) is 0 Å². The van der Waals surface area contributed by atoms with Crippen molar-refractivity contribution in [2.45, 2.75) is 0 Å². The highest BCUT2D eigenvalue weighted by Gasteiger charge is 2.15. The summed E-state index contributed by atoms with van der Waals surface area (Å²) < 4.78 is 0.926. The van der Waals surface area contributed by atoms with E-state index in [0.717, 1.165) is 4.47 Å². The molecule has 0 bridgehead atoms. The molecule has 0 aliphatic rings. The summed E-state index contributed by atoms with van der Waals surface area (Å²) in [6.45, 7) is 0. The van der Waals surface area contributed by atoms with Gasteiger partial charge in [0.05, 0.1) is 4.88 Å². The third-order valence-electron chi connectivity index (χ3n) is 2.08. The van der Waals surface area contributed by atoms with Gasteiger partial charge < -0.3 is 0 Å². The predicted octanol–water partition coefficient (Wildman–Crippen LogP) is 3.18. The van der Waals surface area contributed by atoms with Crippen molar-refractivity contribution in [2.75, 3.05) is 11.9 Å². The standard InChI is InChI=1S/C11H9BrN2OS/c1-14(10-4-2-3-5-13-10)11(15)9-6-8(12)7-16-9/h2-7H,1H3. The molecule has 0 aliphatic carbocycles. The molecule has 0 radical (unpaired) electrons. The molecule has 0 saturated carbocycles. The minimum absolute atomic E-state index is 0.0469. The van der Waals surface area contributed by atoms with Crippen molar-refractivity contribution in [1.82, 2.24) is 4.98 Å². The first-order valence-corrected chi connectivity index (χ1v) is 6.29. The van der Waals surface area contributed by atoms with E-state index < -0.39 is 0 Å². The van der Waals surface area contributed by atoms with Gasteiger partial charge in [0.2, 0.25) is 0 Å². The first kappa shape index (κ1) is 11.3. The van der Waals surface area contributed by atoms with Crippen LogP contribution in [-0.2, 0) is 0 Å². The Morgan fingerprint density at radius 3 is 2.88 bits per heavy atom.